The molecule has 0 aliphatic carbocycles. The van der Waals surface area contributed by atoms with Crippen LogP contribution in [0.4, 0.5) is 0 Å². The maximum atomic E-state index is 2.32. The molecule has 1 unspecified atom stereocenters. The molecule has 3 rings (SSSR count). The maximum absolute atomic E-state index is 2.32. The van der Waals surface area contributed by atoms with Gasteiger partial charge in [-0.1, -0.05) is 54.6 Å². The molecule has 16 heavy (non-hydrogen) atoms. The summed E-state index contributed by atoms with van der Waals surface area (Å²) in [5.74, 6) is 0.521. The average molecular weight is 226 g/mol. The summed E-state index contributed by atoms with van der Waals surface area (Å²) in [4.78, 5) is 2.82. The number of hydrogen-bond acceptors (Lipinski definition) is 1. The lowest BCUT2D eigenvalue weighted by molar-refractivity contribution is 0.853. The highest BCUT2D eigenvalue weighted by atomic mass is 32.2. The van der Waals surface area contributed by atoms with E-state index in [9.17, 15) is 0 Å². The molecule has 1 aliphatic heterocycles. The smallest absolute Gasteiger partial charge is 0.0160 e. The molecule has 1 heteroatoms. The summed E-state index contributed by atoms with van der Waals surface area (Å²) in [5, 5.41) is 0. The van der Waals surface area contributed by atoms with Crippen molar-refractivity contribution in [3.05, 3.63) is 59.2 Å². The first kappa shape index (κ1) is 9.98. The number of rotatable bonds is 0. The van der Waals surface area contributed by atoms with Crippen molar-refractivity contribution in [3.8, 4) is 0 Å². The van der Waals surface area contributed by atoms with Crippen LogP contribution in [0.5, 0.6) is 0 Å². The molecule has 2 aromatic carbocycles. The summed E-state index contributed by atoms with van der Waals surface area (Å²) in [6.07, 6.45) is 0. The summed E-state index contributed by atoms with van der Waals surface area (Å²) >= 11 is 1.89. The van der Waals surface area contributed by atoms with Crippen LogP contribution in [-0.2, 0) is 0 Å². The summed E-state index contributed by atoms with van der Waals surface area (Å²) in [7, 11) is 0. The summed E-state index contributed by atoms with van der Waals surface area (Å²) in [5.41, 5.74) is 4.29. The fourth-order valence-corrected chi connectivity index (χ4v) is 3.55. The van der Waals surface area contributed by atoms with Crippen molar-refractivity contribution in [1.82, 2.24) is 0 Å². The zero-order valence-corrected chi connectivity index (χ0v) is 10.3. The molecule has 0 nitrogen and oxygen atoms in total. The van der Waals surface area contributed by atoms with E-state index in [2.05, 4.69) is 56.3 Å². The first-order valence-electron chi connectivity index (χ1n) is 5.63. The molecule has 0 bridgehead atoms. The molecule has 1 atom stereocenters. The van der Waals surface area contributed by atoms with E-state index in [1.165, 1.54) is 26.5 Å². The molecule has 0 amide bonds. The zero-order valence-electron chi connectivity index (χ0n) is 9.53. The van der Waals surface area contributed by atoms with E-state index in [4.69, 9.17) is 0 Å². The molecule has 0 N–H and O–H groups in total. The average Bonchev–Trinajstić information content (AvgIpc) is 2.31. The van der Waals surface area contributed by atoms with E-state index in [0.717, 1.165) is 0 Å². The molecular weight excluding hydrogens is 212 g/mol. The first-order valence-corrected chi connectivity index (χ1v) is 6.44. The highest BCUT2D eigenvalue weighted by Crippen LogP contribution is 2.45. The van der Waals surface area contributed by atoms with Gasteiger partial charge < -0.3 is 0 Å². The molecule has 0 radical (unpaired) electrons. The van der Waals surface area contributed by atoms with Gasteiger partial charge >= 0.3 is 0 Å². The second-order valence-electron chi connectivity index (χ2n) is 4.40. The summed E-state index contributed by atoms with van der Waals surface area (Å²) < 4.78 is 0. The van der Waals surface area contributed by atoms with Crippen molar-refractivity contribution in [2.75, 3.05) is 0 Å². The Kier molecular flexibility index (Phi) is 2.29. The van der Waals surface area contributed by atoms with Crippen molar-refractivity contribution < 1.29 is 0 Å². The monoisotopic (exact) mass is 226 g/mol. The second-order valence-corrected chi connectivity index (χ2v) is 5.49. The van der Waals surface area contributed by atoms with Crippen molar-refractivity contribution in [3.63, 3.8) is 0 Å². The van der Waals surface area contributed by atoms with Gasteiger partial charge in [-0.05, 0) is 30.2 Å². The third-order valence-corrected chi connectivity index (χ3v) is 4.42. The Morgan fingerprint density at radius 1 is 0.938 bits per heavy atom. The van der Waals surface area contributed by atoms with Gasteiger partial charge in [-0.3, -0.25) is 0 Å². The molecule has 80 valence electrons. The number of hydrogen-bond donors (Lipinski definition) is 0. The number of fused-ring (bicyclic) bond motifs is 2. The second kappa shape index (κ2) is 3.67. The topological polar surface area (TPSA) is 0 Å². The molecule has 0 fully saturated rings. The predicted octanol–water partition coefficient (Wildman–Crippen LogP) is 4.61. The molecule has 0 spiro atoms. The Bertz CT molecular complexity index is 543. The van der Waals surface area contributed by atoms with Crippen LogP contribution in [-0.4, -0.2) is 0 Å². The van der Waals surface area contributed by atoms with Crippen LogP contribution in [0.1, 0.15) is 29.5 Å². The van der Waals surface area contributed by atoms with Crippen LogP contribution < -0.4 is 0 Å². The van der Waals surface area contributed by atoms with Crippen LogP contribution in [0, 0.1) is 6.92 Å². The minimum atomic E-state index is 0.521. The highest BCUT2D eigenvalue weighted by molar-refractivity contribution is 7.99. The van der Waals surface area contributed by atoms with E-state index in [1.807, 2.05) is 11.8 Å². The summed E-state index contributed by atoms with van der Waals surface area (Å²) in [6, 6.07) is 15.5. The molecule has 1 aliphatic rings. The summed E-state index contributed by atoms with van der Waals surface area (Å²) in [6.45, 7) is 4.47. The number of aryl methyl sites for hydroxylation is 1. The molecule has 2 aromatic rings. The van der Waals surface area contributed by atoms with Crippen molar-refractivity contribution in [1.29, 1.82) is 0 Å². The number of benzene rings is 2. The van der Waals surface area contributed by atoms with Gasteiger partial charge in [0.05, 0.1) is 0 Å². The van der Waals surface area contributed by atoms with Gasteiger partial charge in [0, 0.05) is 15.7 Å². The van der Waals surface area contributed by atoms with Gasteiger partial charge in [0.25, 0.3) is 0 Å². The normalized spacial score (nSPS) is 17.8. The molecule has 0 saturated heterocycles. The Morgan fingerprint density at radius 2 is 1.69 bits per heavy atom. The minimum absolute atomic E-state index is 0.521. The van der Waals surface area contributed by atoms with E-state index < -0.39 is 0 Å². The third-order valence-electron chi connectivity index (χ3n) is 3.24. The van der Waals surface area contributed by atoms with Gasteiger partial charge in [-0.25, -0.2) is 0 Å². The Balaban J connectivity index is 2.19. The third kappa shape index (κ3) is 1.47. The van der Waals surface area contributed by atoms with Crippen molar-refractivity contribution in [2.24, 2.45) is 0 Å². The van der Waals surface area contributed by atoms with E-state index in [-0.39, 0.29) is 0 Å². The van der Waals surface area contributed by atoms with E-state index >= 15 is 0 Å². The predicted molar refractivity (Wildman–Crippen MR) is 69.3 cm³/mol. The van der Waals surface area contributed by atoms with Gasteiger partial charge in [-0.2, -0.15) is 0 Å². The Hall–Kier alpha value is -1.21. The first-order chi connectivity index (χ1) is 7.75. The van der Waals surface area contributed by atoms with Crippen molar-refractivity contribution >= 4 is 11.8 Å². The molecular formula is C15H14S. The van der Waals surface area contributed by atoms with Crippen LogP contribution in [0.15, 0.2) is 52.3 Å². The van der Waals surface area contributed by atoms with Crippen LogP contribution in [0.2, 0.25) is 0 Å². The van der Waals surface area contributed by atoms with Crippen molar-refractivity contribution in [2.45, 2.75) is 29.6 Å². The fourth-order valence-electron chi connectivity index (χ4n) is 2.32. The van der Waals surface area contributed by atoms with Crippen LogP contribution in [0.3, 0.4) is 0 Å². The molecule has 1 heterocycles. The standard InChI is InChI=1S/C15H14S/c1-10-7-8-15-13(9-10)11(2)12-5-3-4-6-14(12)16-15/h3-9,11H,1-2H3. The molecule has 0 aromatic heterocycles. The van der Waals surface area contributed by atoms with Gasteiger partial charge in [-0.15, -0.1) is 0 Å². The largest absolute Gasteiger partial charge is 0.0895 e. The van der Waals surface area contributed by atoms with Crippen LogP contribution in [0.25, 0.3) is 0 Å². The van der Waals surface area contributed by atoms with Gasteiger partial charge in [0.2, 0.25) is 0 Å². The SMILES string of the molecule is Cc1ccc2c(c1)C(C)c1ccccc1S2. The van der Waals surface area contributed by atoms with Crippen LogP contribution >= 0.6 is 11.8 Å². The lowest BCUT2D eigenvalue weighted by Gasteiger charge is -2.25. The lowest BCUT2D eigenvalue weighted by Crippen LogP contribution is -2.04. The lowest BCUT2D eigenvalue weighted by atomic mass is 9.91. The Labute approximate surface area is 101 Å². The maximum Gasteiger partial charge on any atom is 0.0160 e. The van der Waals surface area contributed by atoms with Gasteiger partial charge in [0.1, 0.15) is 0 Å². The van der Waals surface area contributed by atoms with E-state index in [1.54, 1.807) is 0 Å². The quantitative estimate of drug-likeness (QED) is 0.632. The Morgan fingerprint density at radius 3 is 2.56 bits per heavy atom. The molecule has 0 saturated carbocycles. The highest BCUT2D eigenvalue weighted by Gasteiger charge is 2.21. The minimum Gasteiger partial charge on any atom is -0.0895 e. The fraction of sp³-hybridized carbons (Fsp3) is 0.200. The zero-order chi connectivity index (χ0) is 11.1. The van der Waals surface area contributed by atoms with E-state index in [0.29, 0.717) is 5.92 Å². The van der Waals surface area contributed by atoms with Gasteiger partial charge in [0.15, 0.2) is 0 Å².